The zero-order valence-corrected chi connectivity index (χ0v) is 88.4. The first-order valence-corrected chi connectivity index (χ1v) is 52.6. The maximum atomic E-state index is 12.7. The lowest BCUT2D eigenvalue weighted by atomic mass is 9.79. The standard InChI is InChI=1S/C14H24N2O2.2C14H26N2O2.2C13H24N2O2.C12H16FN3O.C12H23N3O2.C12H22N2O2/c1-2-7-16(11-3-4-11)13(17)15-12-10-14(12)5-8-18-9-6-14;1-3-10-16(12-6-7-12)14(17)15-11-4-8-13(18-2)9-5-11;1-5-8-14(4,10-6-7-10)12(18)16-9-13(2,3)11(15)17;1-4-9-15(10-5-6-10)11(16)7-8-13(2,3)12(14)17;1-4-5-10(9-6-7-9)11(16)15-8-13(2,3)12(14)17;1-2-7-16(10-4-5-10)12(17)15-11-6-3-9(13)8-14-11;1-4-7-15(9-5-6-9)11(17)14-8-12(2,3)10(13)16;1-4-7-14(9-5-6-9)10(15)8-12(2,3)11(13)16/h11-12H,2-10H2,1H3,(H,15,17);11-13H,3-10H2,1-2H3,(H,15,17);10H,5-9H2,1-4H3,(H2,15,17)(H,16,18);10H,4-9H2,1-3H3,(H2,14,17);9-10H,4-8H2,1-3H3,(H2,14,17)(H,15,16);3,6,8,10H,2,4-5,7H2,1H3,(H,14,15,17);9H,4-8H2,1-3H3,(H2,13,16)(H,14,17);9H,4-8H2,1-3H3,(H2,13,16). The summed E-state index contributed by atoms with van der Waals surface area (Å²) in [7, 11) is 1.78. The first-order chi connectivity index (χ1) is 65.0. The van der Waals surface area contributed by atoms with Crippen LogP contribution >= 0.6 is 0 Å². The number of halogens is 1. The van der Waals surface area contributed by atoms with Crippen molar-refractivity contribution in [3.63, 3.8) is 0 Å². The molecule has 1 saturated heterocycles. The number of nitrogens with two attached hydrogens (primary N) is 5. The number of nitrogens with zero attached hydrogens (tertiary/aromatic N) is 7. The third-order valence-corrected chi connectivity index (χ3v) is 28.5. The molecule has 11 aliphatic rings. The van der Waals surface area contributed by atoms with Gasteiger partial charge in [-0.05, 0) is 276 Å². The summed E-state index contributed by atoms with van der Waals surface area (Å²) in [4.78, 5) is 168. The van der Waals surface area contributed by atoms with Crippen LogP contribution in [-0.4, -0.2) is 245 Å². The number of carbonyl (C=O) groups excluding carboxylic acids is 13. The molecule has 12 rings (SSSR count). The average molecular weight is 1950 g/mol. The zero-order chi connectivity index (χ0) is 103. The number of hydrogen-bond acceptors (Lipinski definition) is 16. The van der Waals surface area contributed by atoms with E-state index in [2.05, 4.69) is 85.4 Å². The number of urea groups is 4. The Labute approximate surface area is 826 Å². The van der Waals surface area contributed by atoms with Crippen LogP contribution in [-0.2, 0) is 52.6 Å². The first kappa shape index (κ1) is 120. The lowest BCUT2D eigenvalue weighted by molar-refractivity contribution is -0.139. The van der Waals surface area contributed by atoms with E-state index in [0.717, 1.165) is 245 Å². The van der Waals surface area contributed by atoms with Crippen LogP contribution in [0.25, 0.3) is 0 Å². The van der Waals surface area contributed by atoms with Crippen LogP contribution in [0, 0.1) is 61.5 Å². The van der Waals surface area contributed by atoms with E-state index in [4.69, 9.17) is 38.1 Å². The van der Waals surface area contributed by atoms with E-state index in [0.29, 0.717) is 103 Å². The summed E-state index contributed by atoms with van der Waals surface area (Å²) in [6, 6.07) is 6.28. The quantitative estimate of drug-likeness (QED) is 0.0289. The number of nitrogens with one attached hydrogen (secondary N) is 6. The second kappa shape index (κ2) is 56.8. The van der Waals surface area contributed by atoms with Gasteiger partial charge in [-0.25, -0.2) is 28.6 Å². The highest BCUT2D eigenvalue weighted by molar-refractivity contribution is 5.90. The van der Waals surface area contributed by atoms with Crippen molar-refractivity contribution in [3.05, 3.63) is 24.1 Å². The summed E-state index contributed by atoms with van der Waals surface area (Å²) >= 11 is 0. The Bertz CT molecular complexity index is 3850. The van der Waals surface area contributed by atoms with E-state index in [1.54, 1.807) is 76.3 Å². The summed E-state index contributed by atoms with van der Waals surface area (Å²) in [5.41, 5.74) is 23.1. The molecule has 2 heterocycles. The molecule has 3 atom stereocenters. The van der Waals surface area contributed by atoms with Crippen molar-refractivity contribution in [1.82, 2.24) is 61.0 Å². The molecule has 1 aromatic heterocycles. The third kappa shape index (κ3) is 41.8. The van der Waals surface area contributed by atoms with Crippen molar-refractivity contribution in [1.29, 1.82) is 0 Å². The number of hydrogen-bond donors (Lipinski definition) is 11. The predicted molar refractivity (Wildman–Crippen MR) is 539 cm³/mol. The molecule has 11 fully saturated rings. The van der Waals surface area contributed by atoms with Crippen LogP contribution in [0.3, 0.4) is 0 Å². The SMILES string of the molecule is CCCC(C(=O)NCC(C)(C)C(N)=O)C1CC1.CCCC(C)(C(=O)NCC(C)(C)C(N)=O)C1CC1.CCCN(C(=O)CC(C)(C)C(N)=O)C1CC1.CCCN(C(=O)CCC(C)(C)C(N)=O)C1CC1.CCCN(C(=O)NC1CC12CCOCC2)C1CC1.CCCN(C(=O)NC1CCC(OC)CC1)C1CC1.CCCN(C(=O)NCC(C)(C)C(N)=O)C1CC1.CCCN(C(=O)Nc1ccc(F)cn1)C1CC1. The number of amides is 17. The lowest BCUT2D eigenvalue weighted by Gasteiger charge is -2.31. The van der Waals surface area contributed by atoms with Crippen LogP contribution in [0.5, 0.6) is 0 Å². The monoisotopic (exact) mass is 1950 g/mol. The lowest BCUT2D eigenvalue weighted by Crippen LogP contribution is -2.48. The summed E-state index contributed by atoms with van der Waals surface area (Å²) in [5.74, 6) is -0.333. The van der Waals surface area contributed by atoms with Crippen molar-refractivity contribution in [2.75, 3.05) is 84.5 Å². The van der Waals surface area contributed by atoms with Crippen LogP contribution < -0.4 is 60.6 Å². The molecule has 17 amide bonds. The van der Waals surface area contributed by atoms with Crippen LogP contribution in [0.15, 0.2) is 18.3 Å². The fraction of sp³-hybridized carbons (Fsp3) is 0.827. The zero-order valence-electron chi connectivity index (χ0n) is 88.4. The second-order valence-electron chi connectivity index (χ2n) is 44.1. The number of pyridine rings is 1. The minimum atomic E-state index is -0.738. The van der Waals surface area contributed by atoms with Crippen molar-refractivity contribution in [3.8, 4) is 0 Å². The van der Waals surface area contributed by atoms with Gasteiger partial charge in [0.25, 0.3) is 0 Å². The number of ether oxygens (including phenoxy) is 2. The first-order valence-electron chi connectivity index (χ1n) is 52.6. The fourth-order valence-electron chi connectivity index (χ4n) is 17.0. The molecule has 34 heteroatoms. The molecule has 788 valence electrons. The van der Waals surface area contributed by atoms with Gasteiger partial charge in [0.2, 0.25) is 53.2 Å². The predicted octanol–water partition coefficient (Wildman–Crippen LogP) is 14.6. The number of rotatable bonds is 46. The van der Waals surface area contributed by atoms with Crippen LogP contribution in [0.2, 0.25) is 0 Å². The van der Waals surface area contributed by atoms with E-state index < -0.39 is 44.7 Å². The molecule has 16 N–H and O–H groups in total. The maximum absolute atomic E-state index is 12.7. The van der Waals surface area contributed by atoms with Gasteiger partial charge < -0.3 is 94.1 Å². The van der Waals surface area contributed by atoms with E-state index in [-0.39, 0.29) is 89.8 Å². The van der Waals surface area contributed by atoms with E-state index in [9.17, 15) is 66.7 Å². The van der Waals surface area contributed by atoms with Crippen molar-refractivity contribution in [2.45, 2.75) is 417 Å². The van der Waals surface area contributed by atoms with E-state index >= 15 is 0 Å². The largest absolute Gasteiger partial charge is 0.381 e. The highest BCUT2D eigenvalue weighted by Crippen LogP contribution is 2.54. The Morgan fingerprint density at radius 1 is 0.442 bits per heavy atom. The normalized spacial score (nSPS) is 19.6. The third-order valence-electron chi connectivity index (χ3n) is 28.5. The number of methoxy groups -OCH3 is 1. The highest BCUT2D eigenvalue weighted by atomic mass is 19.1. The minimum Gasteiger partial charge on any atom is -0.381 e. The molecule has 138 heavy (non-hydrogen) atoms. The smallest absolute Gasteiger partial charge is 0.323 e. The molecule has 1 aromatic rings. The van der Waals surface area contributed by atoms with Gasteiger partial charge in [-0.1, -0.05) is 103 Å². The van der Waals surface area contributed by atoms with Gasteiger partial charge in [0.05, 0.1) is 34.0 Å². The summed E-state index contributed by atoms with van der Waals surface area (Å²) in [6.07, 6.45) is 38.2. The van der Waals surface area contributed by atoms with Gasteiger partial charge in [0, 0.05) is 157 Å². The number of primary amides is 5. The fourth-order valence-corrected chi connectivity index (χ4v) is 17.0. The molecular weight excluding hydrogens is 1760 g/mol. The van der Waals surface area contributed by atoms with Crippen molar-refractivity contribution in [2.24, 2.45) is 84.3 Å². The minimum absolute atomic E-state index is 0.0631. The van der Waals surface area contributed by atoms with E-state index in [1.807, 2.05) is 43.2 Å². The van der Waals surface area contributed by atoms with Crippen molar-refractivity contribution >= 4 is 83.1 Å². The Morgan fingerprint density at radius 2 is 0.833 bits per heavy atom. The van der Waals surface area contributed by atoms with Gasteiger partial charge in [-0.3, -0.25) is 48.5 Å². The number of anilines is 1. The van der Waals surface area contributed by atoms with Crippen molar-refractivity contribution < 1.29 is 76.2 Å². The molecule has 0 bridgehead atoms. The van der Waals surface area contributed by atoms with Gasteiger partial charge in [0.15, 0.2) is 0 Å². The molecule has 33 nitrogen and oxygen atoms in total. The summed E-state index contributed by atoms with van der Waals surface area (Å²) < 4.78 is 23.4. The van der Waals surface area contributed by atoms with Crippen LogP contribution in [0.1, 0.15) is 363 Å². The molecule has 10 saturated carbocycles. The Hall–Kier alpha value is -8.69. The van der Waals surface area contributed by atoms with Gasteiger partial charge in [0.1, 0.15) is 11.6 Å². The highest BCUT2D eigenvalue weighted by Gasteiger charge is 2.56. The van der Waals surface area contributed by atoms with Gasteiger partial charge >= 0.3 is 24.1 Å². The molecule has 0 radical (unpaired) electrons. The molecule has 3 unspecified atom stereocenters. The van der Waals surface area contributed by atoms with Gasteiger partial charge in [-0.2, -0.15) is 0 Å². The molecule has 0 aromatic carbocycles. The molecule has 10 aliphatic carbocycles. The molecule has 1 aliphatic heterocycles. The summed E-state index contributed by atoms with van der Waals surface area (Å²) in [5, 5.41) is 17.7. The molecule has 1 spiro atoms. The Balaban J connectivity index is 0.000000278. The Morgan fingerprint density at radius 3 is 1.21 bits per heavy atom. The van der Waals surface area contributed by atoms with Crippen LogP contribution in [0.4, 0.5) is 29.4 Å². The second-order valence-corrected chi connectivity index (χ2v) is 44.1. The number of aromatic nitrogens is 1. The van der Waals surface area contributed by atoms with E-state index in [1.165, 1.54) is 37.8 Å². The van der Waals surface area contributed by atoms with Gasteiger partial charge in [-0.15, -0.1) is 0 Å². The molecular formula is C104H185FN18O15. The number of carbonyl (C=O) groups is 13. The topological polar surface area (TPSA) is 475 Å². The summed E-state index contributed by atoms with van der Waals surface area (Å²) in [6.45, 7) is 43.9. The average Bonchev–Trinajstić information content (AvgIpc) is 1.59. The maximum Gasteiger partial charge on any atom is 0.323 e. The Kier molecular flexibility index (Phi) is 49.3.